The number of aryl methyl sites for hydroxylation is 1. The molecule has 2 heterocycles. The van der Waals surface area contributed by atoms with Crippen molar-refractivity contribution in [3.63, 3.8) is 0 Å². The molecule has 0 radical (unpaired) electrons. The smallest absolute Gasteiger partial charge is 0.333 e. The van der Waals surface area contributed by atoms with Crippen molar-refractivity contribution in [2.24, 2.45) is 0 Å². The summed E-state index contributed by atoms with van der Waals surface area (Å²) in [5.41, 5.74) is 2.41. The molecule has 0 aliphatic heterocycles. The Kier molecular flexibility index (Phi) is 7.78. The monoisotopic (exact) mass is 552 g/mol. The number of rotatable bonds is 6. The normalized spacial score (nSPS) is 10.9. The lowest BCUT2D eigenvalue weighted by molar-refractivity contribution is -0.138. The number of carbonyl (C=O) groups excluding carboxylic acids is 1. The van der Waals surface area contributed by atoms with Gasteiger partial charge in [0.1, 0.15) is 0 Å². The van der Waals surface area contributed by atoms with Crippen LogP contribution in [0.4, 0.5) is 30.5 Å². The van der Waals surface area contributed by atoms with E-state index in [9.17, 15) is 18.0 Å². The Morgan fingerprint density at radius 2 is 1.73 bits per heavy atom. The standard InChI is InChI=1S/C31H23F3N6O/c1-21-7-12-27(15-23(21)9-8-22-17-36-30(37-18-22)39-26-5-3-2-4-6-26)38-29(41)24-10-11-25(19-40-14-13-35-20-40)28(16-24)31(32,33)34/h2-7,10-18,20H,19H2,1H3,(H,38,41)(H,36,37,39). The van der Waals surface area contributed by atoms with E-state index in [0.717, 1.165) is 17.3 Å². The minimum absolute atomic E-state index is 0.0198. The molecule has 7 nitrogen and oxygen atoms in total. The molecule has 0 aliphatic rings. The molecule has 2 aromatic heterocycles. The number of alkyl halides is 3. The molecule has 0 unspecified atom stereocenters. The molecular formula is C31H23F3N6O. The molecule has 10 heteroatoms. The summed E-state index contributed by atoms with van der Waals surface area (Å²) in [5.74, 6) is 5.83. The molecule has 5 aromatic rings. The number of imidazole rings is 1. The Balaban J connectivity index is 1.30. The Morgan fingerprint density at radius 1 is 0.951 bits per heavy atom. The fraction of sp³-hybridized carbons (Fsp3) is 0.0968. The van der Waals surface area contributed by atoms with E-state index in [-0.39, 0.29) is 17.7 Å². The summed E-state index contributed by atoms with van der Waals surface area (Å²) in [4.78, 5) is 25.3. The van der Waals surface area contributed by atoms with Crippen molar-refractivity contribution >= 4 is 23.2 Å². The largest absolute Gasteiger partial charge is 0.416 e. The fourth-order valence-corrected chi connectivity index (χ4v) is 3.98. The second-order valence-electron chi connectivity index (χ2n) is 9.12. The number of nitrogens with zero attached hydrogens (tertiary/aromatic N) is 4. The van der Waals surface area contributed by atoms with E-state index >= 15 is 0 Å². The SMILES string of the molecule is Cc1ccc(NC(=O)c2ccc(Cn3ccnc3)c(C(F)(F)F)c2)cc1C#Cc1cnc(Nc2ccccc2)nc1. The number of carbonyl (C=O) groups is 1. The molecule has 1 amide bonds. The summed E-state index contributed by atoms with van der Waals surface area (Å²) in [6.07, 6.45) is 3.07. The number of nitrogens with one attached hydrogen (secondary N) is 2. The molecule has 0 fully saturated rings. The van der Waals surface area contributed by atoms with Crippen LogP contribution in [0.1, 0.15) is 38.2 Å². The van der Waals surface area contributed by atoms with Crippen LogP contribution in [-0.4, -0.2) is 25.4 Å². The van der Waals surface area contributed by atoms with Gasteiger partial charge >= 0.3 is 6.18 Å². The third kappa shape index (κ3) is 6.96. The van der Waals surface area contributed by atoms with Crippen LogP contribution in [0.2, 0.25) is 0 Å². The lowest BCUT2D eigenvalue weighted by Crippen LogP contribution is -2.16. The third-order valence-corrected chi connectivity index (χ3v) is 6.11. The van der Waals surface area contributed by atoms with E-state index in [0.29, 0.717) is 22.8 Å². The van der Waals surface area contributed by atoms with Crippen LogP contribution in [0, 0.1) is 18.8 Å². The Labute approximate surface area is 234 Å². The summed E-state index contributed by atoms with van der Waals surface area (Å²) < 4.78 is 42.9. The first-order valence-corrected chi connectivity index (χ1v) is 12.5. The van der Waals surface area contributed by atoms with Gasteiger partial charge in [0, 0.05) is 53.8 Å². The molecule has 2 N–H and O–H groups in total. The van der Waals surface area contributed by atoms with Gasteiger partial charge in [-0.1, -0.05) is 42.2 Å². The van der Waals surface area contributed by atoms with Crippen LogP contribution in [0.25, 0.3) is 0 Å². The van der Waals surface area contributed by atoms with E-state index in [1.54, 1.807) is 36.8 Å². The summed E-state index contributed by atoms with van der Waals surface area (Å²) in [7, 11) is 0. The lowest BCUT2D eigenvalue weighted by atomic mass is 10.0. The zero-order chi connectivity index (χ0) is 28.8. The number of para-hydroxylation sites is 1. The van der Waals surface area contributed by atoms with Gasteiger partial charge in [0.25, 0.3) is 5.91 Å². The van der Waals surface area contributed by atoms with Gasteiger partial charge in [-0.05, 0) is 54.4 Å². The number of amides is 1. The maximum Gasteiger partial charge on any atom is 0.416 e. The van der Waals surface area contributed by atoms with Gasteiger partial charge in [0.05, 0.1) is 17.5 Å². The van der Waals surface area contributed by atoms with Crippen LogP contribution in [0.3, 0.4) is 0 Å². The van der Waals surface area contributed by atoms with Crippen LogP contribution in [0.15, 0.2) is 97.8 Å². The first-order valence-electron chi connectivity index (χ1n) is 12.5. The maximum atomic E-state index is 13.8. The highest BCUT2D eigenvalue weighted by atomic mass is 19.4. The van der Waals surface area contributed by atoms with Gasteiger partial charge in [-0.3, -0.25) is 4.79 Å². The molecular weight excluding hydrogens is 529 g/mol. The van der Waals surface area contributed by atoms with Crippen molar-refractivity contribution in [3.8, 4) is 11.8 Å². The van der Waals surface area contributed by atoms with E-state index < -0.39 is 17.6 Å². The van der Waals surface area contributed by atoms with Crippen LogP contribution in [0.5, 0.6) is 0 Å². The summed E-state index contributed by atoms with van der Waals surface area (Å²) in [5, 5.41) is 5.78. The summed E-state index contributed by atoms with van der Waals surface area (Å²) in [6, 6.07) is 18.2. The molecule has 204 valence electrons. The Bertz CT molecular complexity index is 1720. The predicted octanol–water partition coefficient (Wildman–Crippen LogP) is 6.44. The Morgan fingerprint density at radius 3 is 2.44 bits per heavy atom. The number of aromatic nitrogens is 4. The van der Waals surface area contributed by atoms with Gasteiger partial charge in [-0.25, -0.2) is 15.0 Å². The molecule has 0 bridgehead atoms. The first-order chi connectivity index (χ1) is 19.7. The quantitative estimate of drug-likeness (QED) is 0.237. The number of hydrogen-bond donors (Lipinski definition) is 2. The average molecular weight is 553 g/mol. The second-order valence-corrected chi connectivity index (χ2v) is 9.12. The predicted molar refractivity (Wildman–Crippen MR) is 150 cm³/mol. The van der Waals surface area contributed by atoms with Crippen LogP contribution >= 0.6 is 0 Å². The fourth-order valence-electron chi connectivity index (χ4n) is 3.98. The first kappa shape index (κ1) is 27.1. The van der Waals surface area contributed by atoms with E-state index in [1.807, 2.05) is 37.3 Å². The van der Waals surface area contributed by atoms with Crippen LogP contribution < -0.4 is 10.6 Å². The van der Waals surface area contributed by atoms with E-state index in [2.05, 4.69) is 37.4 Å². The highest BCUT2D eigenvalue weighted by molar-refractivity contribution is 6.04. The average Bonchev–Trinajstić information content (AvgIpc) is 3.47. The van der Waals surface area contributed by atoms with E-state index in [4.69, 9.17) is 0 Å². The lowest BCUT2D eigenvalue weighted by Gasteiger charge is -2.15. The van der Waals surface area contributed by atoms with Gasteiger partial charge in [0.15, 0.2) is 0 Å². The van der Waals surface area contributed by atoms with Gasteiger partial charge in [0.2, 0.25) is 5.95 Å². The maximum absolute atomic E-state index is 13.8. The highest BCUT2D eigenvalue weighted by Crippen LogP contribution is 2.33. The topological polar surface area (TPSA) is 84.7 Å². The highest BCUT2D eigenvalue weighted by Gasteiger charge is 2.34. The molecule has 0 atom stereocenters. The molecule has 0 aliphatic carbocycles. The van der Waals surface area contributed by atoms with Crippen molar-refractivity contribution < 1.29 is 18.0 Å². The zero-order valence-electron chi connectivity index (χ0n) is 21.8. The second kappa shape index (κ2) is 11.8. The molecule has 5 rings (SSSR count). The minimum Gasteiger partial charge on any atom is -0.333 e. The zero-order valence-corrected chi connectivity index (χ0v) is 21.8. The van der Waals surface area contributed by atoms with Gasteiger partial charge in [-0.15, -0.1) is 0 Å². The summed E-state index contributed by atoms with van der Waals surface area (Å²) >= 11 is 0. The minimum atomic E-state index is -4.63. The van der Waals surface area contributed by atoms with Gasteiger partial charge < -0.3 is 15.2 Å². The number of benzene rings is 3. The van der Waals surface area contributed by atoms with Crippen molar-refractivity contribution in [1.29, 1.82) is 0 Å². The number of halogens is 3. The van der Waals surface area contributed by atoms with Crippen molar-refractivity contribution in [1.82, 2.24) is 19.5 Å². The van der Waals surface area contributed by atoms with Crippen molar-refractivity contribution in [3.05, 3.63) is 131 Å². The number of anilines is 3. The third-order valence-electron chi connectivity index (χ3n) is 6.11. The number of hydrogen-bond acceptors (Lipinski definition) is 5. The molecule has 0 saturated carbocycles. The van der Waals surface area contributed by atoms with Crippen molar-refractivity contribution in [2.75, 3.05) is 10.6 Å². The molecule has 3 aromatic carbocycles. The molecule has 0 saturated heterocycles. The van der Waals surface area contributed by atoms with E-state index in [1.165, 1.54) is 29.2 Å². The Hall–Kier alpha value is -5.43. The van der Waals surface area contributed by atoms with Gasteiger partial charge in [-0.2, -0.15) is 13.2 Å². The van der Waals surface area contributed by atoms with Crippen molar-refractivity contribution in [2.45, 2.75) is 19.6 Å². The molecule has 41 heavy (non-hydrogen) atoms. The molecule has 0 spiro atoms. The van der Waals surface area contributed by atoms with Crippen LogP contribution in [-0.2, 0) is 12.7 Å². The summed E-state index contributed by atoms with van der Waals surface area (Å²) in [6.45, 7) is 1.85.